The summed E-state index contributed by atoms with van der Waals surface area (Å²) in [5.41, 5.74) is 7.83. The molecule has 1 atom stereocenters. The van der Waals surface area contributed by atoms with Crippen molar-refractivity contribution < 1.29 is 23.0 Å². The zero-order valence-corrected chi connectivity index (χ0v) is 15.8. The van der Waals surface area contributed by atoms with Gasteiger partial charge in [0.15, 0.2) is 0 Å². The molecule has 0 bridgehead atoms. The number of benzene rings is 1. The van der Waals surface area contributed by atoms with E-state index in [9.17, 15) is 18.0 Å². The molecule has 0 saturated heterocycles. The molecule has 146 valence electrons. The number of alkyl halides is 3. The fourth-order valence-electron chi connectivity index (χ4n) is 3.46. The summed E-state index contributed by atoms with van der Waals surface area (Å²) >= 11 is 0. The summed E-state index contributed by atoms with van der Waals surface area (Å²) in [4.78, 5) is 17.6. The van der Waals surface area contributed by atoms with E-state index < -0.39 is 17.6 Å². The standard InChI is InChI=1S/C21H20F3N3O/c1-12-8-13(2)18-14(3)10-25-11-26-27(20(28)19(18)15(12)4)17-7-5-6-16(9-17)21(22,23)24/h5-7,9-11,27H,1,8H2,2-4H3/b14-10+. The van der Waals surface area contributed by atoms with Gasteiger partial charge in [0.2, 0.25) is 0 Å². The minimum Gasteiger partial charge on any atom is -0.445 e. The van der Waals surface area contributed by atoms with Gasteiger partial charge in [-0.1, -0.05) is 24.4 Å². The van der Waals surface area contributed by atoms with Crippen LogP contribution in [0.3, 0.4) is 0 Å². The number of nitrogens with one attached hydrogen (secondary N) is 1. The second-order valence-electron chi connectivity index (χ2n) is 6.90. The Balaban J connectivity index is 2.17. The number of nitrogens with zero attached hydrogens (tertiary/aromatic N) is 2. The minimum atomic E-state index is -4.51. The summed E-state index contributed by atoms with van der Waals surface area (Å²) in [5, 5.41) is -0.0766. The van der Waals surface area contributed by atoms with E-state index in [2.05, 4.69) is 17.0 Å². The van der Waals surface area contributed by atoms with Crippen molar-refractivity contribution in [3.8, 4) is 0 Å². The molecule has 2 aliphatic rings. The third-order valence-electron chi connectivity index (χ3n) is 4.88. The summed E-state index contributed by atoms with van der Waals surface area (Å²) in [6, 6.07) is 4.62. The van der Waals surface area contributed by atoms with Crippen molar-refractivity contribution in [2.45, 2.75) is 33.4 Å². The Morgan fingerprint density at radius 2 is 1.89 bits per heavy atom. The molecular weight excluding hydrogens is 367 g/mol. The Bertz CT molecular complexity index is 981. The Labute approximate surface area is 161 Å². The molecule has 1 heterocycles. The number of aliphatic imine (C=N–C) groups is 1. The molecule has 3 rings (SSSR count). The maximum Gasteiger partial charge on any atom is 0.416 e. The molecule has 4 nitrogen and oxygen atoms in total. The van der Waals surface area contributed by atoms with E-state index in [1.807, 2.05) is 13.8 Å². The monoisotopic (exact) mass is 387 g/mol. The minimum absolute atomic E-state index is 0.0766. The number of fused-ring (bicyclic) bond motifs is 1. The summed E-state index contributed by atoms with van der Waals surface area (Å²) < 4.78 is 39.4. The van der Waals surface area contributed by atoms with Gasteiger partial charge >= 0.3 is 12.1 Å². The summed E-state index contributed by atoms with van der Waals surface area (Å²) in [6.07, 6.45) is -1.09. The van der Waals surface area contributed by atoms with Gasteiger partial charge in [-0.25, -0.2) is 4.79 Å². The molecular formula is C21H20F3N3O. The topological polar surface area (TPSA) is 48.0 Å². The Morgan fingerprint density at radius 1 is 1.18 bits per heavy atom. The van der Waals surface area contributed by atoms with E-state index >= 15 is 0 Å². The lowest BCUT2D eigenvalue weighted by Crippen LogP contribution is -3.06. The molecule has 1 N–H and O–H groups in total. The van der Waals surface area contributed by atoms with Crippen LogP contribution in [0.4, 0.5) is 18.9 Å². The highest BCUT2D eigenvalue weighted by molar-refractivity contribution is 5.98. The fraction of sp³-hybridized carbons (Fsp3) is 0.238. The third kappa shape index (κ3) is 3.57. The summed E-state index contributed by atoms with van der Waals surface area (Å²) in [5.74, 6) is -0.437. The molecule has 1 aliphatic carbocycles. The molecule has 0 spiro atoms. The normalized spacial score (nSPS) is 22.8. The Hall–Kier alpha value is -2.93. The van der Waals surface area contributed by atoms with E-state index in [1.165, 1.54) is 18.5 Å². The third-order valence-corrected chi connectivity index (χ3v) is 4.88. The number of carbonyl (C=O) groups excluding carboxylic acids is 1. The fourth-order valence-corrected chi connectivity index (χ4v) is 3.46. The number of halogens is 3. The predicted molar refractivity (Wildman–Crippen MR) is 102 cm³/mol. The Morgan fingerprint density at radius 3 is 2.57 bits per heavy atom. The van der Waals surface area contributed by atoms with Crippen LogP contribution in [0.25, 0.3) is 5.43 Å². The SMILES string of the molecule is C=C1CC(C)=C2C(=C1C)C(=O)[NH+](c1cccc(C(F)(F)F)c1)[N-]C=N/C=C/2C. The zero-order chi connectivity index (χ0) is 20.6. The molecule has 1 aromatic rings. The van der Waals surface area contributed by atoms with Crippen LogP contribution in [0.2, 0.25) is 0 Å². The highest BCUT2D eigenvalue weighted by Gasteiger charge is 2.35. The van der Waals surface area contributed by atoms with Crippen molar-refractivity contribution in [2.75, 3.05) is 0 Å². The number of quaternary nitrogens is 1. The lowest BCUT2D eigenvalue weighted by molar-refractivity contribution is -0.696. The van der Waals surface area contributed by atoms with Crippen molar-refractivity contribution in [1.82, 2.24) is 0 Å². The lowest BCUT2D eigenvalue weighted by Gasteiger charge is -2.27. The molecule has 0 saturated carbocycles. The summed E-state index contributed by atoms with van der Waals surface area (Å²) in [7, 11) is 0. The molecule has 1 unspecified atom stereocenters. The molecule has 7 heteroatoms. The molecule has 1 aromatic carbocycles. The number of carbonyl (C=O) groups is 1. The first-order chi connectivity index (χ1) is 13.1. The lowest BCUT2D eigenvalue weighted by atomic mass is 9.81. The first-order valence-corrected chi connectivity index (χ1v) is 8.69. The highest BCUT2D eigenvalue weighted by atomic mass is 19.4. The number of amides is 1. The molecule has 1 amide bonds. The van der Waals surface area contributed by atoms with Crippen molar-refractivity contribution in [2.24, 2.45) is 4.99 Å². The number of hydrogen-bond acceptors (Lipinski definition) is 2. The van der Waals surface area contributed by atoms with Crippen molar-refractivity contribution in [3.05, 3.63) is 81.5 Å². The Kier molecular flexibility index (Phi) is 5.12. The van der Waals surface area contributed by atoms with Crippen LogP contribution in [0.1, 0.15) is 32.8 Å². The van der Waals surface area contributed by atoms with E-state index in [4.69, 9.17) is 0 Å². The smallest absolute Gasteiger partial charge is 0.416 e. The average molecular weight is 387 g/mol. The maximum absolute atomic E-state index is 13.5. The van der Waals surface area contributed by atoms with Crippen LogP contribution >= 0.6 is 0 Å². The largest absolute Gasteiger partial charge is 0.445 e. The number of hydrogen-bond donors (Lipinski definition) is 1. The van der Waals surface area contributed by atoms with E-state index in [-0.39, 0.29) is 10.7 Å². The molecule has 28 heavy (non-hydrogen) atoms. The first kappa shape index (κ1) is 19.8. The highest BCUT2D eigenvalue weighted by Crippen LogP contribution is 2.37. The van der Waals surface area contributed by atoms with Crippen LogP contribution in [0.5, 0.6) is 0 Å². The molecule has 0 fully saturated rings. The van der Waals surface area contributed by atoms with Gasteiger partial charge < -0.3 is 4.99 Å². The van der Waals surface area contributed by atoms with Gasteiger partial charge in [0.05, 0.1) is 11.1 Å². The first-order valence-electron chi connectivity index (χ1n) is 8.69. The second kappa shape index (κ2) is 7.24. The van der Waals surface area contributed by atoms with Gasteiger partial charge in [0.1, 0.15) is 5.69 Å². The van der Waals surface area contributed by atoms with Gasteiger partial charge in [-0.05, 0) is 61.9 Å². The van der Waals surface area contributed by atoms with Crippen molar-refractivity contribution >= 4 is 17.9 Å². The summed E-state index contributed by atoms with van der Waals surface area (Å²) in [6.45, 7) is 9.60. The number of rotatable bonds is 1. The van der Waals surface area contributed by atoms with E-state index in [1.54, 1.807) is 13.1 Å². The van der Waals surface area contributed by atoms with Gasteiger partial charge in [-0.2, -0.15) is 18.2 Å². The van der Waals surface area contributed by atoms with Crippen LogP contribution in [-0.4, -0.2) is 12.2 Å². The van der Waals surface area contributed by atoms with Gasteiger partial charge in [0, 0.05) is 12.1 Å². The molecule has 0 radical (unpaired) electrons. The zero-order valence-electron chi connectivity index (χ0n) is 15.8. The van der Waals surface area contributed by atoms with Gasteiger partial charge in [-0.15, -0.1) is 0 Å². The van der Waals surface area contributed by atoms with E-state index in [0.717, 1.165) is 40.0 Å². The quantitative estimate of drug-likeness (QED) is 0.754. The van der Waals surface area contributed by atoms with Crippen LogP contribution < -0.4 is 5.01 Å². The van der Waals surface area contributed by atoms with Gasteiger partial charge in [0.25, 0.3) is 0 Å². The number of allylic oxidation sites excluding steroid dienone is 4. The molecule has 1 aliphatic heterocycles. The van der Waals surface area contributed by atoms with E-state index in [0.29, 0.717) is 12.0 Å². The van der Waals surface area contributed by atoms with Crippen molar-refractivity contribution in [3.63, 3.8) is 0 Å². The van der Waals surface area contributed by atoms with Crippen LogP contribution in [-0.2, 0) is 11.0 Å². The van der Waals surface area contributed by atoms with Crippen LogP contribution in [0, 0.1) is 0 Å². The maximum atomic E-state index is 13.5. The predicted octanol–water partition coefficient (Wildman–Crippen LogP) is 4.58. The average Bonchev–Trinajstić information content (AvgIpc) is 2.68. The second-order valence-corrected chi connectivity index (χ2v) is 6.90. The van der Waals surface area contributed by atoms with Crippen molar-refractivity contribution in [1.29, 1.82) is 0 Å². The van der Waals surface area contributed by atoms with Gasteiger partial charge in [-0.3, -0.25) is 5.43 Å². The molecule has 0 aromatic heterocycles. The van der Waals surface area contributed by atoms with Crippen LogP contribution in [0.15, 0.2) is 75.5 Å².